The number of aromatic nitrogens is 1. The maximum atomic E-state index is 4.56. The average Bonchev–Trinajstić information content (AvgIpc) is 2.84. The van der Waals surface area contributed by atoms with Gasteiger partial charge in [-0.3, -0.25) is 0 Å². The maximum absolute atomic E-state index is 4.56. The zero-order valence-electron chi connectivity index (χ0n) is 10.7. The Labute approximate surface area is 113 Å². The van der Waals surface area contributed by atoms with Gasteiger partial charge in [0, 0.05) is 24.6 Å². The van der Waals surface area contributed by atoms with Crippen LogP contribution in [0, 0.1) is 5.41 Å². The van der Waals surface area contributed by atoms with E-state index >= 15 is 0 Å². The van der Waals surface area contributed by atoms with Crippen molar-refractivity contribution in [2.45, 2.75) is 38.4 Å². The van der Waals surface area contributed by atoms with Crippen molar-refractivity contribution in [1.29, 1.82) is 0 Å². The molecule has 2 nitrogen and oxygen atoms in total. The zero-order chi connectivity index (χ0) is 12.3. The smallest absolute Gasteiger partial charge is 0.128 e. The van der Waals surface area contributed by atoms with Crippen LogP contribution >= 0.6 is 15.9 Å². The molecular weight excluding hydrogens is 276 g/mol. The summed E-state index contributed by atoms with van der Waals surface area (Å²) in [6.07, 6.45) is 5.84. The molecule has 0 aromatic carbocycles. The molecule has 0 radical (unpaired) electrons. The van der Waals surface area contributed by atoms with E-state index in [1.165, 1.54) is 31.4 Å². The summed E-state index contributed by atoms with van der Waals surface area (Å²) in [6, 6.07) is 4.31. The number of hydrogen-bond acceptors (Lipinski definition) is 2. The van der Waals surface area contributed by atoms with Crippen molar-refractivity contribution in [1.82, 2.24) is 4.98 Å². The topological polar surface area (TPSA) is 16.1 Å². The lowest BCUT2D eigenvalue weighted by atomic mass is 9.82. The monoisotopic (exact) mass is 296 g/mol. The van der Waals surface area contributed by atoms with Crippen LogP contribution in [0.1, 0.15) is 38.7 Å². The Morgan fingerprint density at radius 1 is 1.35 bits per heavy atom. The van der Waals surface area contributed by atoms with Crippen LogP contribution in [0.2, 0.25) is 0 Å². The quantitative estimate of drug-likeness (QED) is 0.781. The van der Waals surface area contributed by atoms with Crippen molar-refractivity contribution in [3.63, 3.8) is 0 Å². The molecule has 2 heterocycles. The van der Waals surface area contributed by atoms with Crippen molar-refractivity contribution in [3.8, 4) is 0 Å². The molecule has 0 N–H and O–H groups in total. The van der Waals surface area contributed by atoms with Gasteiger partial charge in [0.15, 0.2) is 0 Å². The largest absolute Gasteiger partial charge is 0.356 e. The number of rotatable bonds is 4. The van der Waals surface area contributed by atoms with Crippen molar-refractivity contribution >= 4 is 21.7 Å². The van der Waals surface area contributed by atoms with E-state index in [0.29, 0.717) is 5.41 Å². The fourth-order valence-electron chi connectivity index (χ4n) is 2.64. The number of halogens is 1. The van der Waals surface area contributed by atoms with Crippen molar-refractivity contribution in [2.24, 2.45) is 5.41 Å². The highest BCUT2D eigenvalue weighted by Crippen LogP contribution is 2.38. The number of hydrogen-bond donors (Lipinski definition) is 0. The van der Waals surface area contributed by atoms with Crippen LogP contribution in [-0.4, -0.2) is 18.1 Å². The molecule has 0 unspecified atom stereocenters. The lowest BCUT2D eigenvalue weighted by Crippen LogP contribution is -2.26. The minimum atomic E-state index is 0.524. The SMILES string of the molecule is CCC1(CC)CCN(c2ccc(CBr)cn2)C1. The molecule has 0 aliphatic carbocycles. The third-order valence-corrected chi connectivity index (χ3v) is 4.87. The standard InChI is InChI=1S/C14H21BrN2/c1-3-14(4-2)7-8-17(11-14)13-6-5-12(9-15)10-16-13/h5-6,10H,3-4,7-9,11H2,1-2H3. The van der Waals surface area contributed by atoms with Gasteiger partial charge in [-0.25, -0.2) is 4.98 Å². The Morgan fingerprint density at radius 3 is 2.59 bits per heavy atom. The van der Waals surface area contributed by atoms with E-state index in [1.807, 2.05) is 6.20 Å². The molecule has 0 spiro atoms. The zero-order valence-corrected chi connectivity index (χ0v) is 12.3. The third kappa shape index (κ3) is 2.65. The van der Waals surface area contributed by atoms with Crippen LogP contribution in [0.25, 0.3) is 0 Å². The molecule has 1 fully saturated rings. The van der Waals surface area contributed by atoms with E-state index in [9.17, 15) is 0 Å². The molecule has 0 atom stereocenters. The van der Waals surface area contributed by atoms with Crippen molar-refractivity contribution in [3.05, 3.63) is 23.9 Å². The van der Waals surface area contributed by atoms with Crippen LogP contribution in [0.4, 0.5) is 5.82 Å². The van der Waals surface area contributed by atoms with E-state index in [0.717, 1.165) is 17.7 Å². The van der Waals surface area contributed by atoms with Gasteiger partial charge in [0.05, 0.1) is 0 Å². The lowest BCUT2D eigenvalue weighted by Gasteiger charge is -2.26. The van der Waals surface area contributed by atoms with Crippen molar-refractivity contribution < 1.29 is 0 Å². The Kier molecular flexibility index (Phi) is 4.08. The van der Waals surface area contributed by atoms with Gasteiger partial charge < -0.3 is 4.90 Å². The molecule has 1 aromatic rings. The second-order valence-corrected chi connectivity index (χ2v) is 5.60. The van der Waals surface area contributed by atoms with Gasteiger partial charge in [-0.2, -0.15) is 0 Å². The predicted molar refractivity (Wildman–Crippen MR) is 76.7 cm³/mol. The summed E-state index contributed by atoms with van der Waals surface area (Å²) < 4.78 is 0. The molecule has 0 saturated carbocycles. The summed E-state index contributed by atoms with van der Waals surface area (Å²) in [7, 11) is 0. The van der Waals surface area contributed by atoms with Gasteiger partial charge in [0.2, 0.25) is 0 Å². The molecular formula is C14H21BrN2. The van der Waals surface area contributed by atoms with Gasteiger partial charge in [-0.1, -0.05) is 35.8 Å². The predicted octanol–water partition coefficient (Wildman–Crippen LogP) is 3.99. The molecule has 0 amide bonds. The highest BCUT2D eigenvalue weighted by Gasteiger charge is 2.35. The average molecular weight is 297 g/mol. The van der Waals surface area contributed by atoms with Gasteiger partial charge in [0.25, 0.3) is 0 Å². The Balaban J connectivity index is 2.09. The van der Waals surface area contributed by atoms with Crippen LogP contribution in [0.5, 0.6) is 0 Å². The first-order valence-corrected chi connectivity index (χ1v) is 7.61. The maximum Gasteiger partial charge on any atom is 0.128 e. The van der Waals surface area contributed by atoms with Gasteiger partial charge in [0.1, 0.15) is 5.82 Å². The van der Waals surface area contributed by atoms with Crippen LogP contribution in [-0.2, 0) is 5.33 Å². The lowest BCUT2D eigenvalue weighted by molar-refractivity contribution is 0.301. The second-order valence-electron chi connectivity index (χ2n) is 5.04. The van der Waals surface area contributed by atoms with Crippen LogP contribution in [0.3, 0.4) is 0 Å². The molecule has 1 aromatic heterocycles. The highest BCUT2D eigenvalue weighted by molar-refractivity contribution is 9.08. The molecule has 0 bridgehead atoms. The fourth-order valence-corrected chi connectivity index (χ4v) is 2.97. The van der Waals surface area contributed by atoms with Crippen LogP contribution < -0.4 is 4.90 Å². The minimum absolute atomic E-state index is 0.524. The second kappa shape index (κ2) is 5.38. The summed E-state index contributed by atoms with van der Waals surface area (Å²) in [6.45, 7) is 6.95. The Hall–Kier alpha value is -0.570. The van der Waals surface area contributed by atoms with E-state index in [2.05, 4.69) is 51.8 Å². The minimum Gasteiger partial charge on any atom is -0.356 e. The number of anilines is 1. The Morgan fingerprint density at radius 2 is 2.12 bits per heavy atom. The summed E-state index contributed by atoms with van der Waals surface area (Å²) in [5.74, 6) is 1.14. The van der Waals surface area contributed by atoms with Gasteiger partial charge >= 0.3 is 0 Å². The first-order valence-electron chi connectivity index (χ1n) is 6.49. The third-order valence-electron chi connectivity index (χ3n) is 4.23. The van der Waals surface area contributed by atoms with E-state index in [-0.39, 0.29) is 0 Å². The number of pyridine rings is 1. The molecule has 1 aliphatic rings. The normalized spacial score (nSPS) is 18.6. The molecule has 1 saturated heterocycles. The van der Waals surface area contributed by atoms with Gasteiger partial charge in [-0.05, 0) is 36.3 Å². The van der Waals surface area contributed by atoms with Crippen molar-refractivity contribution in [2.75, 3.05) is 18.0 Å². The van der Waals surface area contributed by atoms with E-state index < -0.39 is 0 Å². The van der Waals surface area contributed by atoms with E-state index in [4.69, 9.17) is 0 Å². The first kappa shape index (κ1) is 12.9. The van der Waals surface area contributed by atoms with Crippen LogP contribution in [0.15, 0.2) is 18.3 Å². The number of alkyl halides is 1. The first-order chi connectivity index (χ1) is 8.23. The van der Waals surface area contributed by atoms with Gasteiger partial charge in [-0.15, -0.1) is 0 Å². The summed E-state index contributed by atoms with van der Waals surface area (Å²) in [5, 5.41) is 0.883. The molecule has 94 valence electrons. The summed E-state index contributed by atoms with van der Waals surface area (Å²) in [4.78, 5) is 7.00. The number of nitrogens with zero attached hydrogens (tertiary/aromatic N) is 2. The molecule has 2 rings (SSSR count). The summed E-state index contributed by atoms with van der Waals surface area (Å²) >= 11 is 3.45. The fraction of sp³-hybridized carbons (Fsp3) is 0.643. The Bertz CT molecular complexity index is 357. The molecule has 1 aliphatic heterocycles. The molecule has 3 heteroatoms. The highest BCUT2D eigenvalue weighted by atomic mass is 79.9. The van der Waals surface area contributed by atoms with E-state index in [1.54, 1.807) is 0 Å². The summed E-state index contributed by atoms with van der Waals surface area (Å²) in [5.41, 5.74) is 1.76. The molecule has 17 heavy (non-hydrogen) atoms.